The SMILES string of the molecule is COC(=O)[C@H]1C2c3ccccc3C=CN2N(c2ccccc2)[C@H]1C#N. The second-order valence-corrected chi connectivity index (χ2v) is 6.07. The summed E-state index contributed by atoms with van der Waals surface area (Å²) < 4.78 is 5.05. The Kier molecular flexibility index (Phi) is 3.66. The molecule has 2 aromatic rings. The molecule has 5 heteroatoms. The molecule has 2 aliphatic rings. The zero-order valence-electron chi connectivity index (χ0n) is 13.7. The number of methoxy groups -OCH3 is 1. The highest BCUT2D eigenvalue weighted by atomic mass is 16.5. The van der Waals surface area contributed by atoms with Gasteiger partial charge in [0.05, 0.1) is 24.9 Å². The van der Waals surface area contributed by atoms with Crippen LogP contribution in [0.4, 0.5) is 5.69 Å². The monoisotopic (exact) mass is 331 g/mol. The summed E-state index contributed by atoms with van der Waals surface area (Å²) in [7, 11) is 1.37. The molecule has 0 spiro atoms. The molecule has 4 rings (SSSR count). The van der Waals surface area contributed by atoms with Crippen LogP contribution in [-0.4, -0.2) is 24.1 Å². The highest BCUT2D eigenvalue weighted by Gasteiger charge is 2.53. The van der Waals surface area contributed by atoms with E-state index in [1.807, 2.05) is 76.9 Å². The molecule has 3 atom stereocenters. The molecule has 0 bridgehead atoms. The maximum Gasteiger partial charge on any atom is 0.314 e. The fraction of sp³-hybridized carbons (Fsp3) is 0.200. The van der Waals surface area contributed by atoms with Crippen molar-refractivity contribution in [2.45, 2.75) is 12.1 Å². The van der Waals surface area contributed by atoms with Crippen LogP contribution in [0.3, 0.4) is 0 Å². The fourth-order valence-electron chi connectivity index (χ4n) is 3.76. The lowest BCUT2D eigenvalue weighted by Crippen LogP contribution is -2.39. The third kappa shape index (κ3) is 2.26. The third-order valence-electron chi connectivity index (χ3n) is 4.83. The summed E-state index contributed by atoms with van der Waals surface area (Å²) in [5, 5.41) is 13.7. The number of hydrogen-bond donors (Lipinski definition) is 0. The number of para-hydroxylation sites is 1. The Bertz CT molecular complexity index is 872. The van der Waals surface area contributed by atoms with E-state index in [1.165, 1.54) is 7.11 Å². The summed E-state index contributed by atoms with van der Waals surface area (Å²) in [6, 6.07) is 19.0. The highest BCUT2D eigenvalue weighted by Crippen LogP contribution is 2.47. The number of anilines is 1. The standard InChI is InChI=1S/C20H17N3O2/c1-25-20(24)18-17(13-21)23(15-8-3-2-4-9-15)22-12-11-14-7-5-6-10-16(14)19(18)22/h2-12,17-19H,1H3/t17-,18+,19?/m0/s1. The van der Waals surface area contributed by atoms with E-state index in [2.05, 4.69) is 6.07 Å². The van der Waals surface area contributed by atoms with Gasteiger partial charge in [-0.05, 0) is 29.3 Å². The number of nitriles is 1. The van der Waals surface area contributed by atoms with E-state index in [0.717, 1.165) is 16.8 Å². The van der Waals surface area contributed by atoms with Gasteiger partial charge in [-0.15, -0.1) is 0 Å². The lowest BCUT2D eigenvalue weighted by atomic mass is 9.86. The van der Waals surface area contributed by atoms with E-state index in [9.17, 15) is 10.1 Å². The van der Waals surface area contributed by atoms with Gasteiger partial charge in [0.2, 0.25) is 0 Å². The summed E-state index contributed by atoms with van der Waals surface area (Å²) >= 11 is 0. The van der Waals surface area contributed by atoms with Crippen LogP contribution in [0.15, 0.2) is 60.8 Å². The molecule has 0 N–H and O–H groups in total. The van der Waals surface area contributed by atoms with Crippen molar-refractivity contribution in [1.29, 1.82) is 5.26 Å². The summed E-state index contributed by atoms with van der Waals surface area (Å²) in [4.78, 5) is 12.6. The molecule has 5 nitrogen and oxygen atoms in total. The molecular weight excluding hydrogens is 314 g/mol. The Hall–Kier alpha value is -3.26. The number of nitrogens with zero attached hydrogens (tertiary/aromatic N) is 3. The maximum atomic E-state index is 12.6. The van der Waals surface area contributed by atoms with Crippen molar-refractivity contribution in [2.24, 2.45) is 5.92 Å². The van der Waals surface area contributed by atoms with Crippen molar-refractivity contribution in [3.63, 3.8) is 0 Å². The summed E-state index contributed by atoms with van der Waals surface area (Å²) in [5.74, 6) is -0.966. The minimum atomic E-state index is -0.643. The van der Waals surface area contributed by atoms with E-state index < -0.39 is 12.0 Å². The molecule has 0 aromatic heterocycles. The molecule has 0 radical (unpaired) electrons. The zero-order chi connectivity index (χ0) is 17.4. The molecule has 0 aliphatic carbocycles. The Morgan fingerprint density at radius 1 is 1.12 bits per heavy atom. The predicted octanol–water partition coefficient (Wildman–Crippen LogP) is 3.13. The van der Waals surface area contributed by atoms with E-state index >= 15 is 0 Å². The van der Waals surface area contributed by atoms with E-state index in [4.69, 9.17) is 4.74 Å². The quantitative estimate of drug-likeness (QED) is 0.791. The molecular formula is C20H17N3O2. The number of hydrazine groups is 1. The van der Waals surface area contributed by atoms with Crippen LogP contribution in [0.2, 0.25) is 0 Å². The van der Waals surface area contributed by atoms with Crippen molar-refractivity contribution in [2.75, 3.05) is 12.1 Å². The van der Waals surface area contributed by atoms with E-state index in [1.54, 1.807) is 0 Å². The Labute approximate surface area is 146 Å². The first-order chi connectivity index (χ1) is 12.3. The van der Waals surface area contributed by atoms with Crippen LogP contribution in [0, 0.1) is 17.2 Å². The normalized spacial score (nSPS) is 23.6. The number of ether oxygens (including phenoxy) is 1. The number of carbonyl (C=O) groups excluding carboxylic acids is 1. The highest BCUT2D eigenvalue weighted by molar-refractivity contribution is 5.78. The molecule has 0 saturated carbocycles. The lowest BCUT2D eigenvalue weighted by Gasteiger charge is -2.36. The van der Waals surface area contributed by atoms with Crippen LogP contribution >= 0.6 is 0 Å². The number of esters is 1. The van der Waals surface area contributed by atoms with Gasteiger partial charge < -0.3 is 4.74 Å². The van der Waals surface area contributed by atoms with Gasteiger partial charge in [-0.2, -0.15) is 5.26 Å². The molecule has 2 aromatic carbocycles. The first-order valence-electron chi connectivity index (χ1n) is 8.13. The largest absolute Gasteiger partial charge is 0.469 e. The maximum absolute atomic E-state index is 12.6. The van der Waals surface area contributed by atoms with Crippen LogP contribution in [0.1, 0.15) is 17.2 Å². The smallest absolute Gasteiger partial charge is 0.314 e. The lowest BCUT2D eigenvalue weighted by molar-refractivity contribution is -0.146. The van der Waals surface area contributed by atoms with Crippen molar-refractivity contribution < 1.29 is 9.53 Å². The average Bonchev–Trinajstić information content (AvgIpc) is 3.02. The van der Waals surface area contributed by atoms with Gasteiger partial charge in [0.25, 0.3) is 0 Å². The topological polar surface area (TPSA) is 56.6 Å². The van der Waals surface area contributed by atoms with Crippen LogP contribution in [0.25, 0.3) is 6.08 Å². The number of rotatable bonds is 2. The average molecular weight is 331 g/mol. The van der Waals surface area contributed by atoms with Crippen molar-refractivity contribution in [3.05, 3.63) is 71.9 Å². The van der Waals surface area contributed by atoms with Crippen LogP contribution < -0.4 is 5.01 Å². The van der Waals surface area contributed by atoms with Crippen LogP contribution in [0.5, 0.6) is 0 Å². The Balaban J connectivity index is 1.89. The van der Waals surface area contributed by atoms with Gasteiger partial charge in [-0.3, -0.25) is 14.8 Å². The van der Waals surface area contributed by atoms with Crippen molar-refractivity contribution in [1.82, 2.24) is 5.01 Å². The minimum Gasteiger partial charge on any atom is -0.469 e. The Morgan fingerprint density at radius 3 is 2.56 bits per heavy atom. The third-order valence-corrected chi connectivity index (χ3v) is 4.83. The first kappa shape index (κ1) is 15.3. The van der Waals surface area contributed by atoms with Gasteiger partial charge in [0.15, 0.2) is 6.04 Å². The second kappa shape index (κ2) is 5.99. The van der Waals surface area contributed by atoms with E-state index in [-0.39, 0.29) is 12.0 Å². The summed E-state index contributed by atoms with van der Waals surface area (Å²) in [5.41, 5.74) is 2.96. The molecule has 124 valence electrons. The predicted molar refractivity (Wildman–Crippen MR) is 93.9 cm³/mol. The molecule has 1 unspecified atom stereocenters. The molecule has 1 saturated heterocycles. The molecule has 1 fully saturated rings. The molecule has 0 amide bonds. The summed E-state index contributed by atoms with van der Waals surface area (Å²) in [6.45, 7) is 0. The minimum absolute atomic E-state index is 0.265. The van der Waals surface area contributed by atoms with Crippen LogP contribution in [-0.2, 0) is 9.53 Å². The number of fused-ring (bicyclic) bond motifs is 3. The molecule has 25 heavy (non-hydrogen) atoms. The van der Waals surface area contributed by atoms with E-state index in [0.29, 0.717) is 0 Å². The summed E-state index contributed by atoms with van der Waals surface area (Å²) in [6.07, 6.45) is 3.95. The van der Waals surface area contributed by atoms with Gasteiger partial charge in [-0.1, -0.05) is 42.5 Å². The number of benzene rings is 2. The van der Waals surface area contributed by atoms with Gasteiger partial charge in [0.1, 0.15) is 5.92 Å². The van der Waals surface area contributed by atoms with Gasteiger partial charge in [-0.25, -0.2) is 0 Å². The fourth-order valence-corrected chi connectivity index (χ4v) is 3.76. The number of hydrogen-bond acceptors (Lipinski definition) is 5. The van der Waals surface area contributed by atoms with Crippen molar-refractivity contribution >= 4 is 17.7 Å². The van der Waals surface area contributed by atoms with Crippen molar-refractivity contribution in [3.8, 4) is 6.07 Å². The second-order valence-electron chi connectivity index (χ2n) is 6.07. The van der Waals surface area contributed by atoms with Gasteiger partial charge in [0, 0.05) is 6.20 Å². The molecule has 2 aliphatic heterocycles. The molecule has 2 heterocycles. The van der Waals surface area contributed by atoms with Gasteiger partial charge >= 0.3 is 5.97 Å². The number of carbonyl (C=O) groups is 1. The Morgan fingerprint density at radius 2 is 1.84 bits per heavy atom. The first-order valence-corrected chi connectivity index (χ1v) is 8.13. The zero-order valence-corrected chi connectivity index (χ0v) is 13.7.